The van der Waals surface area contributed by atoms with Gasteiger partial charge in [0, 0.05) is 53.7 Å². The Morgan fingerprint density at radius 2 is 2.00 bits per heavy atom. The van der Waals surface area contributed by atoms with Crippen molar-refractivity contribution in [2.24, 2.45) is 17.8 Å². The predicted molar refractivity (Wildman–Crippen MR) is 90.8 cm³/mol. The molecule has 1 aromatic carbocycles. The number of H-pyrrole nitrogens is 1. The molecule has 1 aromatic heterocycles. The summed E-state index contributed by atoms with van der Waals surface area (Å²) < 4.78 is 0. The van der Waals surface area contributed by atoms with E-state index in [0.29, 0.717) is 29.8 Å². The van der Waals surface area contributed by atoms with Crippen molar-refractivity contribution in [2.45, 2.75) is 37.9 Å². The van der Waals surface area contributed by atoms with E-state index in [1.54, 1.807) is 6.07 Å². The summed E-state index contributed by atoms with van der Waals surface area (Å²) in [5.41, 5.74) is 3.66. The minimum atomic E-state index is 0.185. The van der Waals surface area contributed by atoms with Gasteiger partial charge in [-0.05, 0) is 49.4 Å². The Bertz CT molecular complexity index is 801. The Morgan fingerprint density at radius 3 is 2.75 bits per heavy atom. The molecule has 0 radical (unpaired) electrons. The smallest absolute Gasteiger partial charge is 0.116 e. The van der Waals surface area contributed by atoms with Crippen LogP contribution in [0.5, 0.6) is 5.75 Å². The van der Waals surface area contributed by atoms with E-state index in [9.17, 15) is 15.3 Å². The second kappa shape index (κ2) is 4.97. The highest BCUT2D eigenvalue weighted by molar-refractivity contribution is 5.86. The highest BCUT2D eigenvalue weighted by Gasteiger charge is 2.57. The van der Waals surface area contributed by atoms with Crippen molar-refractivity contribution in [3.05, 3.63) is 29.5 Å². The van der Waals surface area contributed by atoms with E-state index in [2.05, 4.69) is 16.8 Å². The molecule has 3 fully saturated rings. The predicted octanol–water partition coefficient (Wildman–Crippen LogP) is 1.78. The number of piperidine rings is 3. The number of aromatic hydroxyl groups is 1. The normalized spacial score (nSPS) is 40.0. The number of aliphatic hydroxyl groups excluding tert-OH is 2. The Kier molecular flexibility index (Phi) is 3.06. The summed E-state index contributed by atoms with van der Waals surface area (Å²) in [6.45, 7) is 2.61. The van der Waals surface area contributed by atoms with Crippen molar-refractivity contribution in [1.82, 2.24) is 9.88 Å². The maximum Gasteiger partial charge on any atom is 0.116 e. The quantitative estimate of drug-likeness (QED) is 0.677. The molecule has 0 amide bonds. The van der Waals surface area contributed by atoms with E-state index in [0.717, 1.165) is 23.7 Å². The van der Waals surface area contributed by atoms with E-state index in [-0.39, 0.29) is 25.0 Å². The first-order chi connectivity index (χ1) is 11.6. The van der Waals surface area contributed by atoms with Crippen LogP contribution >= 0.6 is 0 Å². The first kappa shape index (κ1) is 14.8. The molecule has 128 valence electrons. The van der Waals surface area contributed by atoms with Crippen LogP contribution in [0.2, 0.25) is 0 Å². The van der Waals surface area contributed by atoms with Crippen LogP contribution in [0.15, 0.2) is 18.2 Å². The minimum absolute atomic E-state index is 0.185. The minimum Gasteiger partial charge on any atom is -0.508 e. The van der Waals surface area contributed by atoms with Crippen LogP contribution in [0.25, 0.3) is 10.9 Å². The average Bonchev–Trinajstić information content (AvgIpc) is 2.93. The molecular weight excluding hydrogens is 304 g/mol. The van der Waals surface area contributed by atoms with Gasteiger partial charge in [0.1, 0.15) is 5.75 Å². The van der Waals surface area contributed by atoms with Gasteiger partial charge < -0.3 is 20.3 Å². The van der Waals surface area contributed by atoms with Gasteiger partial charge in [0.25, 0.3) is 0 Å². The standard InChI is InChI=1S/C19H24N2O3/c1-9-14(7-22)11-5-18-19-13(6-17(21(9)18)15(11)8-23)12-4-10(24)2-3-16(12)20-19/h2-4,9,11,14-15,17-18,20,22-24H,5-8H2,1H3/t9?,11?,14?,15?,17?,18-/m1/s1. The molecule has 4 aliphatic heterocycles. The van der Waals surface area contributed by atoms with Crippen LogP contribution in [-0.4, -0.2) is 50.5 Å². The van der Waals surface area contributed by atoms with Gasteiger partial charge in [-0.3, -0.25) is 4.90 Å². The van der Waals surface area contributed by atoms with Crippen molar-refractivity contribution in [1.29, 1.82) is 0 Å². The number of hydrogen-bond acceptors (Lipinski definition) is 4. The lowest BCUT2D eigenvalue weighted by Crippen LogP contribution is -2.67. The van der Waals surface area contributed by atoms with Gasteiger partial charge in [-0.1, -0.05) is 0 Å². The summed E-state index contributed by atoms with van der Waals surface area (Å²) >= 11 is 0. The largest absolute Gasteiger partial charge is 0.508 e. The van der Waals surface area contributed by atoms with E-state index in [1.165, 1.54) is 11.3 Å². The van der Waals surface area contributed by atoms with Crippen molar-refractivity contribution in [3.8, 4) is 5.75 Å². The van der Waals surface area contributed by atoms with Crippen LogP contribution in [-0.2, 0) is 6.42 Å². The summed E-state index contributed by atoms with van der Waals surface area (Å²) in [6, 6.07) is 6.52. The van der Waals surface area contributed by atoms with Crippen LogP contribution in [0, 0.1) is 17.8 Å². The van der Waals surface area contributed by atoms with Gasteiger partial charge in [0.2, 0.25) is 0 Å². The van der Waals surface area contributed by atoms with E-state index < -0.39 is 0 Å². The third kappa shape index (κ3) is 1.70. The molecule has 5 heteroatoms. The second-order valence-electron chi connectivity index (χ2n) is 7.81. The van der Waals surface area contributed by atoms with E-state index in [4.69, 9.17) is 0 Å². The summed E-state index contributed by atoms with van der Waals surface area (Å²) in [5.74, 6) is 1.16. The van der Waals surface area contributed by atoms with Gasteiger partial charge in [-0.15, -0.1) is 0 Å². The number of hydrogen-bond donors (Lipinski definition) is 4. The zero-order chi connectivity index (χ0) is 16.6. The number of aromatic nitrogens is 1. The molecule has 5 heterocycles. The average molecular weight is 328 g/mol. The number of phenolic OH excluding ortho intramolecular Hbond substituents is 1. The molecule has 4 bridgehead atoms. The maximum absolute atomic E-state index is 10.0. The molecule has 6 unspecified atom stereocenters. The van der Waals surface area contributed by atoms with E-state index in [1.807, 2.05) is 12.1 Å². The molecule has 0 spiro atoms. The van der Waals surface area contributed by atoms with Crippen molar-refractivity contribution < 1.29 is 15.3 Å². The fourth-order valence-corrected chi connectivity index (χ4v) is 5.99. The van der Waals surface area contributed by atoms with Gasteiger partial charge in [-0.2, -0.15) is 0 Å². The molecule has 5 nitrogen and oxygen atoms in total. The molecule has 3 saturated heterocycles. The topological polar surface area (TPSA) is 79.7 Å². The molecule has 4 aliphatic rings. The van der Waals surface area contributed by atoms with Crippen molar-refractivity contribution in [2.75, 3.05) is 13.2 Å². The van der Waals surface area contributed by atoms with Gasteiger partial charge in [-0.25, -0.2) is 0 Å². The van der Waals surface area contributed by atoms with Crippen LogP contribution in [0.3, 0.4) is 0 Å². The molecule has 0 saturated carbocycles. The van der Waals surface area contributed by atoms with Gasteiger partial charge in [0.15, 0.2) is 0 Å². The summed E-state index contributed by atoms with van der Waals surface area (Å²) in [5, 5.41) is 30.9. The number of aromatic amines is 1. The lowest BCUT2D eigenvalue weighted by atomic mass is 9.60. The molecular formula is C19H24N2O3. The Balaban J connectivity index is 1.68. The maximum atomic E-state index is 10.0. The molecule has 7 atom stereocenters. The number of nitrogens with zero attached hydrogens (tertiary/aromatic N) is 1. The number of rotatable bonds is 2. The molecule has 24 heavy (non-hydrogen) atoms. The van der Waals surface area contributed by atoms with E-state index >= 15 is 0 Å². The number of fused-ring (bicyclic) bond motifs is 4. The van der Waals surface area contributed by atoms with Crippen molar-refractivity contribution in [3.63, 3.8) is 0 Å². The molecule has 6 rings (SSSR count). The fourth-order valence-electron chi connectivity index (χ4n) is 5.99. The Morgan fingerprint density at radius 1 is 1.21 bits per heavy atom. The lowest BCUT2D eigenvalue weighted by Gasteiger charge is -2.63. The highest BCUT2D eigenvalue weighted by Crippen LogP contribution is 2.56. The Labute approximate surface area is 140 Å². The first-order valence-corrected chi connectivity index (χ1v) is 8.96. The van der Waals surface area contributed by atoms with Crippen LogP contribution in [0.4, 0.5) is 0 Å². The first-order valence-electron chi connectivity index (χ1n) is 8.96. The Hall–Kier alpha value is -1.56. The zero-order valence-electron chi connectivity index (χ0n) is 13.8. The van der Waals surface area contributed by atoms with Crippen LogP contribution < -0.4 is 0 Å². The van der Waals surface area contributed by atoms with Crippen LogP contribution in [0.1, 0.15) is 30.6 Å². The monoisotopic (exact) mass is 328 g/mol. The number of benzene rings is 1. The zero-order valence-corrected chi connectivity index (χ0v) is 13.8. The number of nitrogens with one attached hydrogen (secondary N) is 1. The SMILES string of the molecule is CC1C(CO)C2C[C@@H]3c4[nH]c5ccc(O)cc5c4CC(C2CO)N13. The lowest BCUT2D eigenvalue weighted by molar-refractivity contribution is -0.154. The fraction of sp³-hybridized carbons (Fsp3) is 0.579. The highest BCUT2D eigenvalue weighted by atomic mass is 16.3. The third-order valence-electron chi connectivity index (χ3n) is 7.01. The second-order valence-corrected chi connectivity index (χ2v) is 7.81. The van der Waals surface area contributed by atoms with Crippen molar-refractivity contribution >= 4 is 10.9 Å². The molecule has 4 N–H and O–H groups in total. The number of phenols is 1. The molecule has 0 aliphatic carbocycles. The molecule has 2 aromatic rings. The number of aliphatic hydroxyl groups is 2. The summed E-state index contributed by atoms with van der Waals surface area (Å²) in [4.78, 5) is 6.13. The summed E-state index contributed by atoms with van der Waals surface area (Å²) in [6.07, 6.45) is 1.89. The third-order valence-corrected chi connectivity index (χ3v) is 7.01. The van der Waals surface area contributed by atoms with Gasteiger partial charge >= 0.3 is 0 Å². The van der Waals surface area contributed by atoms with Gasteiger partial charge in [0.05, 0.1) is 6.04 Å². The summed E-state index contributed by atoms with van der Waals surface area (Å²) in [7, 11) is 0.